The molecule has 1 rings (SSSR count). The summed E-state index contributed by atoms with van der Waals surface area (Å²) in [6.45, 7) is 6.25. The zero-order valence-electron chi connectivity index (χ0n) is 7.07. The summed E-state index contributed by atoms with van der Waals surface area (Å²) < 4.78 is 0. The first-order valence-corrected chi connectivity index (χ1v) is 3.45. The topological polar surface area (TPSA) is 26.0 Å². The Morgan fingerprint density at radius 1 is 1.00 bits per heavy atom. The molecule has 0 aromatic heterocycles. The number of rotatable bonds is 0. The van der Waals surface area contributed by atoms with Gasteiger partial charge in [0.1, 0.15) is 0 Å². The molecule has 0 amide bonds. The van der Waals surface area contributed by atoms with Gasteiger partial charge in [-0.3, -0.25) is 0 Å². The monoisotopic (exact) mass is 194 g/mol. The van der Waals surface area contributed by atoms with Crippen LogP contribution in [0.1, 0.15) is 16.7 Å². The van der Waals surface area contributed by atoms with Crippen LogP contribution in [0.2, 0.25) is 0 Å². The maximum atomic E-state index is 5.69. The van der Waals surface area contributed by atoms with Gasteiger partial charge in [-0.2, -0.15) is 0 Å². The zero-order chi connectivity index (χ0) is 7.72. The Balaban J connectivity index is 0.000001000. The third-order valence-electron chi connectivity index (χ3n) is 2.10. The van der Waals surface area contributed by atoms with E-state index < -0.39 is 0 Å². The molecule has 63 valence electrons. The van der Waals surface area contributed by atoms with Crippen LogP contribution in [0.5, 0.6) is 0 Å². The molecule has 0 fully saturated rings. The van der Waals surface area contributed by atoms with E-state index in [2.05, 4.69) is 26.8 Å². The van der Waals surface area contributed by atoms with Crippen molar-refractivity contribution in [1.82, 2.24) is 0 Å². The van der Waals surface area contributed by atoms with Gasteiger partial charge in [-0.1, -0.05) is 6.07 Å². The summed E-state index contributed by atoms with van der Waals surface area (Å²) in [6, 6.07) is 4.01. The van der Waals surface area contributed by atoms with Gasteiger partial charge >= 0.3 is 0 Å². The van der Waals surface area contributed by atoms with Crippen molar-refractivity contribution in [2.45, 2.75) is 20.8 Å². The van der Waals surface area contributed by atoms with E-state index in [1.807, 2.05) is 6.07 Å². The molecule has 0 heterocycles. The summed E-state index contributed by atoms with van der Waals surface area (Å²) in [5, 5.41) is 0. The van der Waals surface area contributed by atoms with Crippen LogP contribution in [0.4, 0.5) is 5.69 Å². The van der Waals surface area contributed by atoms with Crippen molar-refractivity contribution < 1.29 is 16.8 Å². The molecule has 1 aromatic rings. The molecule has 0 spiro atoms. The molecular weight excluding hydrogens is 181 g/mol. The fraction of sp³-hybridized carbons (Fsp3) is 0.333. The summed E-state index contributed by atoms with van der Waals surface area (Å²) in [5.41, 5.74) is 10.4. The molecule has 0 aliphatic rings. The van der Waals surface area contributed by atoms with Gasteiger partial charge in [-0.25, -0.2) is 0 Å². The quantitative estimate of drug-likeness (QED) is 0.629. The molecule has 0 aliphatic heterocycles. The number of hydrogen-bond acceptors (Lipinski definition) is 1. The molecule has 0 saturated heterocycles. The number of nitrogens with two attached hydrogens (primary N) is 1. The molecule has 2 N–H and O–H groups in total. The minimum atomic E-state index is 0. The zero-order valence-corrected chi connectivity index (χ0v) is 8.11. The maximum Gasteiger partial charge on any atom is 0.0346 e. The molecule has 0 aliphatic carbocycles. The maximum absolute atomic E-state index is 5.69. The first kappa shape index (κ1) is 10.5. The normalized spacial score (nSPS) is 9.00. The third-order valence-corrected chi connectivity index (χ3v) is 2.10. The number of benzene rings is 1. The summed E-state index contributed by atoms with van der Waals surface area (Å²) in [4.78, 5) is 0. The van der Waals surface area contributed by atoms with E-state index in [0.717, 1.165) is 5.69 Å². The number of anilines is 1. The molecule has 0 atom stereocenters. The third kappa shape index (κ3) is 1.98. The molecule has 2 heteroatoms. The van der Waals surface area contributed by atoms with Crippen molar-refractivity contribution in [2.75, 3.05) is 5.73 Å². The van der Waals surface area contributed by atoms with Crippen LogP contribution >= 0.6 is 0 Å². The van der Waals surface area contributed by atoms with Gasteiger partial charge in [0, 0.05) is 22.5 Å². The average molecular weight is 194 g/mol. The number of hydrogen-bond donors (Lipinski definition) is 1. The molecule has 0 bridgehead atoms. The van der Waals surface area contributed by atoms with Crippen molar-refractivity contribution in [3.05, 3.63) is 28.8 Å². The minimum Gasteiger partial charge on any atom is -0.399 e. The first-order valence-electron chi connectivity index (χ1n) is 3.45. The van der Waals surface area contributed by atoms with Gasteiger partial charge < -0.3 is 5.73 Å². The second-order valence-electron chi connectivity index (χ2n) is 2.72. The summed E-state index contributed by atoms with van der Waals surface area (Å²) in [7, 11) is 0. The van der Waals surface area contributed by atoms with E-state index in [4.69, 9.17) is 5.73 Å². The predicted octanol–water partition coefficient (Wildman–Crippen LogP) is 2.19. The Kier molecular flexibility index (Phi) is 3.62. The predicted molar refractivity (Wildman–Crippen MR) is 45.1 cm³/mol. The van der Waals surface area contributed by atoms with Crippen LogP contribution in [-0.4, -0.2) is 0 Å². The van der Waals surface area contributed by atoms with E-state index in [0.29, 0.717) is 0 Å². The van der Waals surface area contributed by atoms with Crippen molar-refractivity contribution >= 4 is 5.69 Å². The second kappa shape index (κ2) is 3.79. The fourth-order valence-corrected chi connectivity index (χ4v) is 0.977. The molecule has 1 nitrogen and oxygen atoms in total. The van der Waals surface area contributed by atoms with Gasteiger partial charge in [-0.05, 0) is 43.5 Å². The van der Waals surface area contributed by atoms with Crippen LogP contribution in [0.3, 0.4) is 0 Å². The Hall–Kier alpha value is -0.474. The van der Waals surface area contributed by atoms with E-state index in [-0.39, 0.29) is 16.8 Å². The van der Waals surface area contributed by atoms with Crippen molar-refractivity contribution in [1.29, 1.82) is 0 Å². The van der Waals surface area contributed by atoms with E-state index in [1.54, 1.807) is 0 Å². The molecule has 1 radical (unpaired) electrons. The van der Waals surface area contributed by atoms with E-state index >= 15 is 0 Å². The molecule has 0 unspecified atom stereocenters. The Labute approximate surface area is 78.2 Å². The van der Waals surface area contributed by atoms with E-state index in [1.165, 1.54) is 16.7 Å². The summed E-state index contributed by atoms with van der Waals surface area (Å²) >= 11 is 0. The van der Waals surface area contributed by atoms with Crippen molar-refractivity contribution in [3.8, 4) is 0 Å². The van der Waals surface area contributed by atoms with Crippen molar-refractivity contribution in [2.24, 2.45) is 0 Å². The molecule has 0 saturated carbocycles. The van der Waals surface area contributed by atoms with Crippen LogP contribution in [0, 0.1) is 20.8 Å². The number of nitrogen functional groups attached to an aromatic ring is 1. The summed E-state index contributed by atoms with van der Waals surface area (Å²) in [6.07, 6.45) is 0. The fourth-order valence-electron chi connectivity index (χ4n) is 0.977. The van der Waals surface area contributed by atoms with Gasteiger partial charge in [0.15, 0.2) is 0 Å². The average Bonchev–Trinajstić information content (AvgIpc) is 1.93. The molecule has 11 heavy (non-hydrogen) atoms. The van der Waals surface area contributed by atoms with Gasteiger partial charge in [-0.15, -0.1) is 0 Å². The second-order valence-corrected chi connectivity index (χ2v) is 2.72. The Morgan fingerprint density at radius 3 is 2.00 bits per heavy atom. The van der Waals surface area contributed by atoms with Crippen molar-refractivity contribution in [3.63, 3.8) is 0 Å². The largest absolute Gasteiger partial charge is 0.399 e. The van der Waals surface area contributed by atoms with Crippen LogP contribution < -0.4 is 5.73 Å². The standard InChI is InChI=1S/C9H13N.Co/c1-6-4-5-9(10)8(3)7(6)2;/h4-5H,10H2,1-3H3;. The van der Waals surface area contributed by atoms with E-state index in [9.17, 15) is 0 Å². The minimum absolute atomic E-state index is 0. The smallest absolute Gasteiger partial charge is 0.0346 e. The first-order chi connectivity index (χ1) is 4.63. The Morgan fingerprint density at radius 2 is 1.55 bits per heavy atom. The molecular formula is C9H13CoN. The summed E-state index contributed by atoms with van der Waals surface area (Å²) in [5.74, 6) is 0. The SMILES string of the molecule is Cc1ccc(N)c(C)c1C.[Co]. The molecule has 1 aromatic carbocycles. The Bertz CT molecular complexity index is 229. The van der Waals surface area contributed by atoms with Gasteiger partial charge in [0.05, 0.1) is 0 Å². The van der Waals surface area contributed by atoms with Gasteiger partial charge in [0.25, 0.3) is 0 Å². The van der Waals surface area contributed by atoms with Crippen LogP contribution in [-0.2, 0) is 16.8 Å². The van der Waals surface area contributed by atoms with Crippen LogP contribution in [0.15, 0.2) is 12.1 Å². The number of aryl methyl sites for hydroxylation is 1. The van der Waals surface area contributed by atoms with Crippen LogP contribution in [0.25, 0.3) is 0 Å². The van der Waals surface area contributed by atoms with Gasteiger partial charge in [0.2, 0.25) is 0 Å².